The quantitative estimate of drug-likeness (QED) is 0.177. The van der Waals surface area contributed by atoms with Crippen LogP contribution in [0.5, 0.6) is 5.75 Å². The summed E-state index contributed by atoms with van der Waals surface area (Å²) in [5, 5.41) is 19.1. The maximum Gasteiger partial charge on any atom is 0.328 e. The number of hydrogen-bond donors (Lipinski definition) is 5. The topological polar surface area (TPSA) is 145 Å². The summed E-state index contributed by atoms with van der Waals surface area (Å²) in [6, 6.07) is 15.5. The Morgan fingerprint density at radius 1 is 0.949 bits per heavy atom. The molecule has 4 rings (SSSR count). The van der Waals surface area contributed by atoms with E-state index in [1.165, 1.54) is 12.1 Å². The van der Waals surface area contributed by atoms with E-state index in [0.717, 1.165) is 22.0 Å². The van der Waals surface area contributed by atoms with Gasteiger partial charge in [-0.3, -0.25) is 14.6 Å². The Morgan fingerprint density at radius 3 is 2.44 bits per heavy atom. The molecule has 2 amide bonds. The highest BCUT2D eigenvalue weighted by Crippen LogP contribution is 2.20. The molecule has 10 nitrogen and oxygen atoms in total. The number of ether oxygens (including phenoxy) is 1. The smallest absolute Gasteiger partial charge is 0.328 e. The molecule has 0 spiro atoms. The number of aromatic amines is 1. The molecule has 2 unspecified atom stereocenters. The Balaban J connectivity index is 1.51. The normalized spacial score (nSPS) is 12.3. The highest BCUT2D eigenvalue weighted by molar-refractivity contribution is 5.92. The Kier molecular flexibility index (Phi) is 9.12. The number of anilines is 1. The maximum atomic E-state index is 13.5. The molecule has 0 saturated carbocycles. The molecule has 5 N–H and O–H groups in total. The first kappa shape index (κ1) is 27.2. The summed E-state index contributed by atoms with van der Waals surface area (Å²) in [4.78, 5) is 46.3. The summed E-state index contributed by atoms with van der Waals surface area (Å²) in [7, 11) is 0. The number of aromatic nitrogens is 2. The first-order valence-electron chi connectivity index (χ1n) is 12.7. The number of nitrogens with zero attached hydrogens (tertiary/aromatic N) is 1. The van der Waals surface area contributed by atoms with Gasteiger partial charge in [-0.1, -0.05) is 30.3 Å². The van der Waals surface area contributed by atoms with Gasteiger partial charge in [-0.25, -0.2) is 4.79 Å². The molecule has 10 heteroatoms. The number of para-hydroxylation sites is 1. The summed E-state index contributed by atoms with van der Waals surface area (Å²) < 4.78 is 5.25. The van der Waals surface area contributed by atoms with Gasteiger partial charge in [0.1, 0.15) is 17.8 Å². The van der Waals surface area contributed by atoms with E-state index in [-0.39, 0.29) is 31.7 Å². The zero-order chi connectivity index (χ0) is 27.6. The third-order valence-corrected chi connectivity index (χ3v) is 6.15. The molecule has 0 radical (unpaired) electrons. The van der Waals surface area contributed by atoms with Crippen molar-refractivity contribution in [2.24, 2.45) is 0 Å². The molecular weight excluding hydrogens is 498 g/mol. The highest BCUT2D eigenvalue weighted by atomic mass is 16.5. The lowest BCUT2D eigenvalue weighted by atomic mass is 10.0. The largest absolute Gasteiger partial charge is 0.508 e. The number of H-pyrrole nitrogens is 1. The molecule has 2 aromatic carbocycles. The summed E-state index contributed by atoms with van der Waals surface area (Å²) >= 11 is 0. The van der Waals surface area contributed by atoms with Crippen molar-refractivity contribution in [3.63, 3.8) is 0 Å². The summed E-state index contributed by atoms with van der Waals surface area (Å²) in [6.45, 7) is 1.79. The number of amides is 2. The fraction of sp³-hybridized carbons (Fsp3) is 0.241. The van der Waals surface area contributed by atoms with Gasteiger partial charge < -0.3 is 30.8 Å². The van der Waals surface area contributed by atoms with E-state index in [2.05, 4.69) is 25.9 Å². The number of carbonyl (C=O) groups is 3. The summed E-state index contributed by atoms with van der Waals surface area (Å²) in [5.41, 5.74) is 3.20. The molecule has 2 atom stereocenters. The van der Waals surface area contributed by atoms with Gasteiger partial charge in [0, 0.05) is 48.0 Å². The molecule has 0 fully saturated rings. The van der Waals surface area contributed by atoms with Gasteiger partial charge in [0.2, 0.25) is 11.8 Å². The maximum absolute atomic E-state index is 13.5. The number of phenols is 1. The first-order valence-corrected chi connectivity index (χ1v) is 12.7. The summed E-state index contributed by atoms with van der Waals surface area (Å²) in [6.07, 6.45) is 5.37. The van der Waals surface area contributed by atoms with Gasteiger partial charge in [-0.15, -0.1) is 0 Å². The second-order valence-electron chi connectivity index (χ2n) is 8.96. The molecule has 0 aliphatic carbocycles. The standard InChI is InChI=1S/C29H31N5O5/c1-2-39-29(38)26(16-20-17-32-24-6-4-3-5-23(20)24)34-28(37)25(15-19-7-9-22(35)10-8-19)33-27(36)18-31-21-11-13-30-14-12-21/h3-14,17,25-26,32,35H,2,15-16,18H2,1H3,(H,30,31)(H,33,36)(H,34,37). The number of pyridine rings is 1. The number of hydrogen-bond acceptors (Lipinski definition) is 7. The Morgan fingerprint density at radius 2 is 1.69 bits per heavy atom. The van der Waals surface area contributed by atoms with E-state index in [1.807, 2.05) is 30.5 Å². The van der Waals surface area contributed by atoms with Crippen LogP contribution in [0, 0.1) is 0 Å². The third-order valence-electron chi connectivity index (χ3n) is 6.15. The van der Waals surface area contributed by atoms with E-state index in [0.29, 0.717) is 5.69 Å². The van der Waals surface area contributed by atoms with E-state index in [9.17, 15) is 19.5 Å². The van der Waals surface area contributed by atoms with Crippen molar-refractivity contribution in [2.75, 3.05) is 18.5 Å². The molecule has 202 valence electrons. The number of rotatable bonds is 12. The lowest BCUT2D eigenvalue weighted by Gasteiger charge is -2.23. The minimum absolute atomic E-state index is 0.0694. The van der Waals surface area contributed by atoms with Crippen molar-refractivity contribution < 1.29 is 24.2 Å². The van der Waals surface area contributed by atoms with Crippen molar-refractivity contribution >= 4 is 34.4 Å². The van der Waals surface area contributed by atoms with Crippen LogP contribution in [0.3, 0.4) is 0 Å². The van der Waals surface area contributed by atoms with Crippen molar-refractivity contribution in [2.45, 2.75) is 31.8 Å². The molecule has 39 heavy (non-hydrogen) atoms. The number of carbonyl (C=O) groups excluding carboxylic acids is 3. The fourth-order valence-corrected chi connectivity index (χ4v) is 4.20. The predicted octanol–water partition coefficient (Wildman–Crippen LogP) is 2.70. The highest BCUT2D eigenvalue weighted by Gasteiger charge is 2.28. The van der Waals surface area contributed by atoms with E-state index < -0.39 is 29.9 Å². The molecule has 0 aliphatic rings. The van der Waals surface area contributed by atoms with Crippen LogP contribution in [-0.4, -0.2) is 58.1 Å². The van der Waals surface area contributed by atoms with E-state index in [4.69, 9.17) is 4.74 Å². The zero-order valence-corrected chi connectivity index (χ0v) is 21.5. The van der Waals surface area contributed by atoms with Crippen LogP contribution in [0.15, 0.2) is 79.3 Å². The fourth-order valence-electron chi connectivity index (χ4n) is 4.20. The SMILES string of the molecule is CCOC(=O)C(Cc1c[nH]c2ccccc12)NC(=O)C(Cc1ccc(O)cc1)NC(=O)CNc1ccncc1. The molecule has 0 saturated heterocycles. The van der Waals surface area contributed by atoms with Crippen LogP contribution in [-0.2, 0) is 32.0 Å². The molecular formula is C29H31N5O5. The van der Waals surface area contributed by atoms with Crippen molar-refractivity contribution in [1.29, 1.82) is 0 Å². The van der Waals surface area contributed by atoms with E-state index >= 15 is 0 Å². The molecule has 2 heterocycles. The molecule has 0 aliphatic heterocycles. The van der Waals surface area contributed by atoms with Gasteiger partial charge in [0.25, 0.3) is 0 Å². The second kappa shape index (κ2) is 13.1. The average Bonchev–Trinajstić information content (AvgIpc) is 3.35. The van der Waals surface area contributed by atoms with Crippen LogP contribution in [0.2, 0.25) is 0 Å². The van der Waals surface area contributed by atoms with Crippen molar-refractivity contribution in [3.05, 3.63) is 90.4 Å². The van der Waals surface area contributed by atoms with E-state index in [1.54, 1.807) is 43.6 Å². The van der Waals surface area contributed by atoms with Gasteiger partial charge >= 0.3 is 5.97 Å². The number of fused-ring (bicyclic) bond motifs is 1. The molecule has 2 aromatic heterocycles. The average molecular weight is 530 g/mol. The number of phenolic OH excluding ortho intramolecular Hbond substituents is 1. The Labute approximate surface area is 225 Å². The first-order chi connectivity index (χ1) is 18.9. The predicted molar refractivity (Wildman–Crippen MR) is 147 cm³/mol. The minimum atomic E-state index is -0.985. The minimum Gasteiger partial charge on any atom is -0.508 e. The van der Waals surface area contributed by atoms with Gasteiger partial charge in [-0.05, 0) is 48.4 Å². The van der Waals surface area contributed by atoms with Gasteiger partial charge in [0.15, 0.2) is 0 Å². The number of aromatic hydroxyl groups is 1. The monoisotopic (exact) mass is 529 g/mol. The second-order valence-corrected chi connectivity index (χ2v) is 8.96. The summed E-state index contributed by atoms with van der Waals surface area (Å²) in [5.74, 6) is -1.41. The van der Waals surface area contributed by atoms with Crippen LogP contribution < -0.4 is 16.0 Å². The van der Waals surface area contributed by atoms with Crippen LogP contribution in [0.25, 0.3) is 10.9 Å². The van der Waals surface area contributed by atoms with Crippen LogP contribution >= 0.6 is 0 Å². The number of esters is 1. The van der Waals surface area contributed by atoms with Crippen LogP contribution in [0.1, 0.15) is 18.1 Å². The Bertz CT molecular complexity index is 1400. The zero-order valence-electron chi connectivity index (χ0n) is 21.5. The number of nitrogens with one attached hydrogen (secondary N) is 4. The van der Waals surface area contributed by atoms with Crippen LogP contribution in [0.4, 0.5) is 5.69 Å². The van der Waals surface area contributed by atoms with Crippen molar-refractivity contribution in [3.8, 4) is 5.75 Å². The molecule has 4 aromatic rings. The van der Waals surface area contributed by atoms with Crippen molar-refractivity contribution in [1.82, 2.24) is 20.6 Å². The van der Waals surface area contributed by atoms with Gasteiger partial charge in [0.05, 0.1) is 13.2 Å². The third kappa shape index (κ3) is 7.57. The lowest BCUT2D eigenvalue weighted by molar-refractivity contribution is -0.147. The molecule has 0 bridgehead atoms. The Hall–Kier alpha value is -4.86. The lowest BCUT2D eigenvalue weighted by Crippen LogP contribution is -2.54. The van der Waals surface area contributed by atoms with Gasteiger partial charge in [-0.2, -0.15) is 0 Å². The number of benzene rings is 2.